The van der Waals surface area contributed by atoms with Gasteiger partial charge in [-0.15, -0.1) is 0 Å². The Labute approximate surface area is 183 Å². The smallest absolute Gasteiger partial charge is 0.263 e. The van der Waals surface area contributed by atoms with Crippen molar-refractivity contribution in [2.45, 2.75) is 51.4 Å². The van der Waals surface area contributed by atoms with E-state index >= 15 is 0 Å². The van der Waals surface area contributed by atoms with Crippen molar-refractivity contribution in [3.05, 3.63) is 58.0 Å². The minimum absolute atomic E-state index is 0.0356. The Balaban J connectivity index is 1.41. The van der Waals surface area contributed by atoms with Crippen molar-refractivity contribution in [1.82, 2.24) is 9.47 Å². The number of rotatable bonds is 6. The number of nitrogens with one attached hydrogen (secondary N) is 1. The lowest BCUT2D eigenvalue weighted by atomic mass is 10.1. The maximum absolute atomic E-state index is 12.9. The Hall–Kier alpha value is -2.64. The highest BCUT2D eigenvalue weighted by Gasteiger charge is 2.21. The summed E-state index contributed by atoms with van der Waals surface area (Å²) in [7, 11) is 2.12. The van der Waals surface area contributed by atoms with Crippen molar-refractivity contribution >= 4 is 11.6 Å². The lowest BCUT2D eigenvalue weighted by molar-refractivity contribution is 0.0952. The third-order valence-electron chi connectivity index (χ3n) is 6.11. The first kappa shape index (κ1) is 21.6. The summed E-state index contributed by atoms with van der Waals surface area (Å²) in [4.78, 5) is 28.1. The molecule has 7 heteroatoms. The highest BCUT2D eigenvalue weighted by atomic mass is 16.5. The highest BCUT2D eigenvalue weighted by molar-refractivity contribution is 6.05. The molecule has 1 N–H and O–H groups in total. The molecule has 0 radical (unpaired) electrons. The summed E-state index contributed by atoms with van der Waals surface area (Å²) in [5.74, 6) is 0.399. The molecule has 2 aliphatic rings. The Kier molecular flexibility index (Phi) is 6.73. The van der Waals surface area contributed by atoms with Crippen LogP contribution in [0.3, 0.4) is 0 Å². The second kappa shape index (κ2) is 9.66. The summed E-state index contributed by atoms with van der Waals surface area (Å²) in [5, 5.41) is 2.85. The van der Waals surface area contributed by atoms with Gasteiger partial charge in [0, 0.05) is 31.6 Å². The number of ether oxygens (including phenoxy) is 2. The average Bonchev–Trinajstić information content (AvgIpc) is 3.27. The fourth-order valence-electron chi connectivity index (χ4n) is 4.20. The van der Waals surface area contributed by atoms with Gasteiger partial charge < -0.3 is 24.3 Å². The van der Waals surface area contributed by atoms with Crippen LogP contribution in [0, 0.1) is 6.92 Å². The molecule has 1 aromatic heterocycles. The number of hydrogen-bond acceptors (Lipinski definition) is 5. The van der Waals surface area contributed by atoms with Crippen LogP contribution in [0.4, 0.5) is 5.69 Å². The van der Waals surface area contributed by atoms with E-state index in [4.69, 9.17) is 9.47 Å². The van der Waals surface area contributed by atoms with Crippen LogP contribution in [0.1, 0.15) is 41.6 Å². The minimum Gasteiger partial charge on any atom is -0.490 e. The third kappa shape index (κ3) is 5.35. The maximum atomic E-state index is 12.9. The number of hydrogen-bond donors (Lipinski definition) is 1. The molecular formula is C24H31N3O4. The predicted molar refractivity (Wildman–Crippen MR) is 120 cm³/mol. The van der Waals surface area contributed by atoms with Gasteiger partial charge in [0.25, 0.3) is 11.5 Å². The van der Waals surface area contributed by atoms with Crippen LogP contribution < -0.4 is 15.6 Å². The van der Waals surface area contributed by atoms with Crippen LogP contribution in [-0.4, -0.2) is 54.3 Å². The zero-order valence-electron chi connectivity index (χ0n) is 18.3. The fraction of sp³-hybridized carbons (Fsp3) is 0.500. The summed E-state index contributed by atoms with van der Waals surface area (Å²) >= 11 is 0. The number of benzene rings is 1. The first-order valence-corrected chi connectivity index (χ1v) is 11.1. The van der Waals surface area contributed by atoms with E-state index in [9.17, 15) is 9.59 Å². The van der Waals surface area contributed by atoms with E-state index in [0.29, 0.717) is 17.8 Å². The number of pyridine rings is 1. The number of piperidine rings is 1. The van der Waals surface area contributed by atoms with Crippen LogP contribution in [0.5, 0.6) is 5.75 Å². The molecule has 0 spiro atoms. The lowest BCUT2D eigenvalue weighted by Gasteiger charge is -2.29. The van der Waals surface area contributed by atoms with Gasteiger partial charge >= 0.3 is 0 Å². The van der Waals surface area contributed by atoms with E-state index in [2.05, 4.69) is 17.3 Å². The van der Waals surface area contributed by atoms with Gasteiger partial charge in [0.2, 0.25) is 0 Å². The normalized spacial score (nSPS) is 20.0. The molecule has 0 saturated carbocycles. The number of likely N-dealkylation sites (tertiary alicyclic amines) is 1. The van der Waals surface area contributed by atoms with Gasteiger partial charge in [-0.3, -0.25) is 9.59 Å². The Morgan fingerprint density at radius 2 is 1.90 bits per heavy atom. The quantitative estimate of drug-likeness (QED) is 0.770. The van der Waals surface area contributed by atoms with Crippen LogP contribution in [0.25, 0.3) is 0 Å². The summed E-state index contributed by atoms with van der Waals surface area (Å²) in [6.07, 6.45) is 5.98. The SMILES string of the molecule is Cc1ccn(CC2CCCO2)c(=O)c1C(=O)Nc1ccc(OC2CCN(C)CC2)cc1. The predicted octanol–water partition coefficient (Wildman–Crippen LogP) is 3.06. The number of aromatic nitrogens is 1. The van der Waals surface area contributed by atoms with E-state index in [1.165, 1.54) is 0 Å². The lowest BCUT2D eigenvalue weighted by Crippen LogP contribution is -2.35. The van der Waals surface area contributed by atoms with Crippen LogP contribution in [-0.2, 0) is 11.3 Å². The zero-order valence-corrected chi connectivity index (χ0v) is 18.3. The van der Waals surface area contributed by atoms with Gasteiger partial charge in [0.05, 0.1) is 12.6 Å². The van der Waals surface area contributed by atoms with E-state index in [-0.39, 0.29) is 23.3 Å². The van der Waals surface area contributed by atoms with Gasteiger partial charge in [0.1, 0.15) is 17.4 Å². The monoisotopic (exact) mass is 425 g/mol. The first-order valence-electron chi connectivity index (χ1n) is 11.1. The number of nitrogens with zero attached hydrogens (tertiary/aromatic N) is 2. The van der Waals surface area contributed by atoms with Gasteiger partial charge in [-0.25, -0.2) is 0 Å². The van der Waals surface area contributed by atoms with Gasteiger partial charge in [-0.05, 0) is 75.5 Å². The highest BCUT2D eigenvalue weighted by Crippen LogP contribution is 2.21. The third-order valence-corrected chi connectivity index (χ3v) is 6.11. The van der Waals surface area contributed by atoms with E-state index in [1.54, 1.807) is 17.7 Å². The standard InChI is InChI=1S/C24H31N3O4/c1-17-9-14-27(16-21-4-3-15-30-21)24(29)22(17)23(28)25-18-5-7-19(8-6-18)31-20-10-12-26(2)13-11-20/h5-9,14,20-21H,3-4,10-13,15-16H2,1-2H3,(H,25,28). The van der Waals surface area contributed by atoms with Crippen molar-refractivity contribution in [2.75, 3.05) is 32.1 Å². The van der Waals surface area contributed by atoms with Crippen LogP contribution in [0.15, 0.2) is 41.3 Å². The van der Waals surface area contributed by atoms with Crippen molar-refractivity contribution in [2.24, 2.45) is 0 Å². The molecule has 2 aromatic rings. The summed E-state index contributed by atoms with van der Waals surface area (Å²) in [6, 6.07) is 9.16. The van der Waals surface area contributed by atoms with Crippen molar-refractivity contribution in [3.63, 3.8) is 0 Å². The first-order chi connectivity index (χ1) is 15.0. The molecule has 166 valence electrons. The molecule has 31 heavy (non-hydrogen) atoms. The number of anilines is 1. The Bertz CT molecular complexity index is 956. The van der Waals surface area contributed by atoms with Crippen molar-refractivity contribution < 1.29 is 14.3 Å². The van der Waals surface area contributed by atoms with E-state index in [1.807, 2.05) is 30.3 Å². The summed E-state index contributed by atoms with van der Waals surface area (Å²) in [5.41, 5.74) is 1.18. The van der Waals surface area contributed by atoms with Crippen LogP contribution >= 0.6 is 0 Å². The molecule has 1 amide bonds. The summed E-state index contributed by atoms with van der Waals surface area (Å²) in [6.45, 7) is 5.07. The van der Waals surface area contributed by atoms with Gasteiger partial charge in [-0.1, -0.05) is 0 Å². The summed E-state index contributed by atoms with van der Waals surface area (Å²) < 4.78 is 13.3. The molecule has 1 atom stereocenters. The number of carbonyl (C=O) groups is 1. The molecule has 2 saturated heterocycles. The Morgan fingerprint density at radius 1 is 1.16 bits per heavy atom. The topological polar surface area (TPSA) is 72.8 Å². The van der Waals surface area contributed by atoms with E-state index < -0.39 is 5.91 Å². The number of amides is 1. The molecule has 7 nitrogen and oxygen atoms in total. The second-order valence-electron chi connectivity index (χ2n) is 8.57. The van der Waals surface area contributed by atoms with Gasteiger partial charge in [0.15, 0.2) is 0 Å². The van der Waals surface area contributed by atoms with Gasteiger partial charge in [-0.2, -0.15) is 0 Å². The largest absolute Gasteiger partial charge is 0.490 e. The molecule has 1 aromatic carbocycles. The average molecular weight is 426 g/mol. The van der Waals surface area contributed by atoms with Crippen molar-refractivity contribution in [3.8, 4) is 5.75 Å². The fourth-order valence-corrected chi connectivity index (χ4v) is 4.20. The molecule has 1 unspecified atom stereocenters. The van der Waals surface area contributed by atoms with E-state index in [0.717, 1.165) is 51.1 Å². The zero-order chi connectivity index (χ0) is 21.8. The number of carbonyl (C=O) groups excluding carboxylic acids is 1. The maximum Gasteiger partial charge on any atom is 0.263 e. The molecule has 3 heterocycles. The molecule has 2 fully saturated rings. The Morgan fingerprint density at radius 3 is 2.58 bits per heavy atom. The molecule has 0 aliphatic carbocycles. The van der Waals surface area contributed by atoms with Crippen molar-refractivity contribution in [1.29, 1.82) is 0 Å². The molecule has 2 aliphatic heterocycles. The molecular weight excluding hydrogens is 394 g/mol. The van der Waals surface area contributed by atoms with Crippen LogP contribution in [0.2, 0.25) is 0 Å². The molecule has 4 rings (SSSR count). The molecule has 0 bridgehead atoms. The second-order valence-corrected chi connectivity index (χ2v) is 8.57. The number of aryl methyl sites for hydroxylation is 1. The minimum atomic E-state index is -0.395.